The quantitative estimate of drug-likeness (QED) is 0.0574. The Morgan fingerprint density at radius 1 is 0.825 bits per heavy atom. The number of nitrogens with zero attached hydrogens (tertiary/aromatic N) is 1. The predicted molar refractivity (Wildman–Crippen MR) is 267 cm³/mol. The maximum Gasteiger partial charge on any atom is 0.204 e. The first-order valence-corrected chi connectivity index (χ1v) is 22.1. The van der Waals surface area contributed by atoms with Crippen LogP contribution in [0.25, 0.3) is 44.9 Å². The molecule has 2 heterocycles. The van der Waals surface area contributed by atoms with Crippen molar-refractivity contribution in [2.75, 3.05) is 6.61 Å². The molecule has 0 radical (unpaired) electrons. The number of benzene rings is 4. The van der Waals surface area contributed by atoms with E-state index >= 15 is 0 Å². The highest BCUT2D eigenvalue weighted by Crippen LogP contribution is 2.53. The minimum absolute atomic E-state index is 0.0123. The molecule has 0 amide bonds. The van der Waals surface area contributed by atoms with Crippen LogP contribution in [0.3, 0.4) is 0 Å². The highest BCUT2D eigenvalue weighted by Gasteiger charge is 2.39. The van der Waals surface area contributed by atoms with Crippen LogP contribution in [0.5, 0.6) is 0 Å². The number of rotatable bonds is 9. The largest absolute Gasteiger partial charge is 0.506 e. The van der Waals surface area contributed by atoms with Gasteiger partial charge in [0.15, 0.2) is 11.5 Å². The summed E-state index contributed by atoms with van der Waals surface area (Å²) >= 11 is 1.48. The molecule has 2 aliphatic carbocycles. The van der Waals surface area contributed by atoms with Crippen molar-refractivity contribution in [3.05, 3.63) is 220 Å². The molecule has 1 aromatic heterocycles. The Morgan fingerprint density at radius 3 is 2.21 bits per heavy atom. The summed E-state index contributed by atoms with van der Waals surface area (Å²) in [5.74, 6) is -3.64. The number of thioether (sulfide) groups is 1. The molecular formula is C56H57NO5S. The first kappa shape index (κ1) is 45.8. The van der Waals surface area contributed by atoms with Crippen molar-refractivity contribution in [3.63, 3.8) is 0 Å². The van der Waals surface area contributed by atoms with Crippen LogP contribution in [-0.4, -0.2) is 36.7 Å². The van der Waals surface area contributed by atoms with Crippen LogP contribution in [0.1, 0.15) is 80.1 Å². The van der Waals surface area contributed by atoms with Crippen LogP contribution in [0.2, 0.25) is 0 Å². The van der Waals surface area contributed by atoms with Gasteiger partial charge in [0.2, 0.25) is 11.5 Å². The second kappa shape index (κ2) is 19.6. The molecule has 8 rings (SSSR count). The zero-order valence-corrected chi connectivity index (χ0v) is 37.7. The van der Waals surface area contributed by atoms with E-state index in [9.17, 15) is 25.5 Å². The van der Waals surface area contributed by atoms with E-state index in [1.54, 1.807) is 12.2 Å². The molecule has 5 aromatic rings. The van der Waals surface area contributed by atoms with E-state index in [0.717, 1.165) is 57.6 Å². The van der Waals surface area contributed by atoms with Gasteiger partial charge in [-0.3, -0.25) is 0 Å². The van der Waals surface area contributed by atoms with E-state index in [2.05, 4.69) is 130 Å². The molecule has 0 atom stereocenters. The van der Waals surface area contributed by atoms with E-state index in [0.29, 0.717) is 5.57 Å². The van der Waals surface area contributed by atoms with E-state index in [-0.39, 0.29) is 11.0 Å². The Morgan fingerprint density at radius 2 is 1.51 bits per heavy atom. The van der Waals surface area contributed by atoms with Gasteiger partial charge in [-0.15, -0.1) is 6.58 Å². The van der Waals surface area contributed by atoms with Crippen molar-refractivity contribution in [2.45, 2.75) is 64.2 Å². The predicted octanol–water partition coefficient (Wildman–Crippen LogP) is 14.7. The maximum atomic E-state index is 10.9. The lowest BCUT2D eigenvalue weighted by Gasteiger charge is -2.27. The third-order valence-electron chi connectivity index (χ3n) is 11.5. The molecule has 0 fully saturated rings. The number of para-hydroxylation sites is 1. The molecule has 3 aliphatic rings. The first-order valence-electron chi connectivity index (χ1n) is 21.2. The van der Waals surface area contributed by atoms with Crippen molar-refractivity contribution in [1.82, 2.24) is 4.57 Å². The number of hydrogen-bond donors (Lipinski definition) is 5. The highest BCUT2D eigenvalue weighted by atomic mass is 32.2. The molecule has 63 heavy (non-hydrogen) atoms. The molecule has 7 heteroatoms. The van der Waals surface area contributed by atoms with Crippen molar-refractivity contribution in [2.24, 2.45) is 0 Å². The smallest absolute Gasteiger partial charge is 0.204 e. The summed E-state index contributed by atoms with van der Waals surface area (Å²) in [7, 11) is 0. The van der Waals surface area contributed by atoms with Crippen LogP contribution >= 0.6 is 11.8 Å². The summed E-state index contributed by atoms with van der Waals surface area (Å²) in [6.07, 6.45) is 16.2. The van der Waals surface area contributed by atoms with Gasteiger partial charge in [-0.05, 0) is 117 Å². The molecule has 6 nitrogen and oxygen atoms in total. The van der Waals surface area contributed by atoms with Crippen molar-refractivity contribution in [3.8, 4) is 16.8 Å². The Bertz CT molecular complexity index is 2820. The highest BCUT2D eigenvalue weighted by molar-refractivity contribution is 8.02. The van der Waals surface area contributed by atoms with Crippen LogP contribution in [0.4, 0.5) is 0 Å². The van der Waals surface area contributed by atoms with Crippen LogP contribution < -0.4 is 0 Å². The van der Waals surface area contributed by atoms with E-state index in [1.807, 2.05) is 50.5 Å². The van der Waals surface area contributed by atoms with Crippen LogP contribution in [0.15, 0.2) is 186 Å². The number of aryl methyl sites for hydroxylation is 1. The van der Waals surface area contributed by atoms with Gasteiger partial charge in [0.1, 0.15) is 6.61 Å². The molecule has 0 saturated heterocycles. The van der Waals surface area contributed by atoms with E-state index < -0.39 is 29.6 Å². The normalized spacial score (nSPS) is 16.6. The monoisotopic (exact) mass is 855 g/mol. The van der Waals surface area contributed by atoms with Gasteiger partial charge in [-0.2, -0.15) is 0 Å². The Labute approximate surface area is 376 Å². The van der Waals surface area contributed by atoms with Gasteiger partial charge in [0, 0.05) is 27.0 Å². The molecule has 322 valence electrons. The summed E-state index contributed by atoms with van der Waals surface area (Å²) < 4.78 is 2.36. The summed E-state index contributed by atoms with van der Waals surface area (Å²) in [5, 5.41) is 53.5. The van der Waals surface area contributed by atoms with Gasteiger partial charge >= 0.3 is 0 Å². The van der Waals surface area contributed by atoms with Gasteiger partial charge < -0.3 is 30.1 Å². The standard InChI is InChI=1S/C51H45NO5S.C3H6.C2H6/c1-6-7-9-14-32-25-39(46-40(26-32)37-17-12-13-18-41(37)51(46,4)5)33-21-22-38-43(27-33)52(35-15-10-8-11-16-35)42-24-23-36-30(2)19-20-34(29-58-50(36)45(38)42)31(3)47(55)49(57)48(56)44(54)28-53;1-3-2;1-2/h6-13,15-20,23-27,29,53-57H,1-3,14,21-22,28H2,4-5H3;3H,1H2,2H3;1-2H3/b9-7-,20-19-,34-29+,48-44-,49-47-;;. The van der Waals surface area contributed by atoms with Crippen LogP contribution in [-0.2, 0) is 18.3 Å². The van der Waals surface area contributed by atoms with E-state index in [4.69, 9.17) is 0 Å². The maximum absolute atomic E-state index is 10.9. The minimum Gasteiger partial charge on any atom is -0.506 e. The summed E-state index contributed by atoms with van der Waals surface area (Å²) in [6, 6.07) is 28.3. The fourth-order valence-corrected chi connectivity index (χ4v) is 9.80. The third-order valence-corrected chi connectivity index (χ3v) is 12.5. The molecule has 5 N–H and O–H groups in total. The lowest BCUT2D eigenvalue weighted by Crippen LogP contribution is -2.18. The van der Waals surface area contributed by atoms with Crippen molar-refractivity contribution < 1.29 is 25.5 Å². The Hall–Kier alpha value is -6.67. The molecule has 0 unspecified atom stereocenters. The SMILES string of the molecule is C=C/C=C\Cc1cc(C2=Cc3c(c4c5c(ccc4n3-c3ccccc3)C(=C)/C=C\C(C(=C)/C(O)=C(O)\C(O)=C(\O)CO)=C/S5)CC2)c2c(c1)-c1ccccc1C2(C)C.C=CC.CC. The fraction of sp³-hybridized carbons (Fsp3) is 0.179. The molecule has 1 aliphatic heterocycles. The Kier molecular flexibility index (Phi) is 14.2. The zero-order valence-electron chi connectivity index (χ0n) is 36.9. The number of hydrogen-bond acceptors (Lipinski definition) is 6. The van der Waals surface area contributed by atoms with E-state index in [1.165, 1.54) is 56.3 Å². The topological polar surface area (TPSA) is 106 Å². The Balaban J connectivity index is 0.00000127. The molecule has 0 saturated carbocycles. The minimum atomic E-state index is -1.03. The summed E-state index contributed by atoms with van der Waals surface area (Å²) in [5.41, 5.74) is 15.6. The van der Waals surface area contributed by atoms with Gasteiger partial charge in [-0.25, -0.2) is 0 Å². The second-order valence-electron chi connectivity index (χ2n) is 15.7. The number of fused-ring (bicyclic) bond motifs is 8. The summed E-state index contributed by atoms with van der Waals surface area (Å²) in [6.45, 7) is 25.3. The number of allylic oxidation sites excluding steroid dienone is 9. The van der Waals surface area contributed by atoms with Gasteiger partial charge in [-0.1, -0.05) is 156 Å². The third kappa shape index (κ3) is 8.59. The first-order chi connectivity index (χ1) is 30.4. The average molecular weight is 856 g/mol. The molecule has 4 aromatic carbocycles. The zero-order chi connectivity index (χ0) is 45.6. The number of aromatic nitrogens is 1. The number of aliphatic hydroxyl groups excluding tert-OH is 5. The molecule has 0 bridgehead atoms. The lowest BCUT2D eigenvalue weighted by atomic mass is 9.76. The fourth-order valence-electron chi connectivity index (χ4n) is 8.66. The van der Waals surface area contributed by atoms with Gasteiger partial charge in [0.05, 0.1) is 11.2 Å². The molecular weight excluding hydrogens is 799 g/mol. The molecule has 0 spiro atoms. The lowest BCUT2D eigenvalue weighted by molar-refractivity contribution is 0.212. The second-order valence-corrected chi connectivity index (χ2v) is 16.6. The van der Waals surface area contributed by atoms with Crippen molar-refractivity contribution in [1.29, 1.82) is 0 Å². The summed E-state index contributed by atoms with van der Waals surface area (Å²) in [4.78, 5) is 1.00. The average Bonchev–Trinajstić information content (AvgIpc) is 3.75. The van der Waals surface area contributed by atoms with Gasteiger partial charge in [0.25, 0.3) is 0 Å². The van der Waals surface area contributed by atoms with Crippen LogP contribution in [0, 0.1) is 0 Å². The van der Waals surface area contributed by atoms with Crippen molar-refractivity contribution >= 4 is 39.9 Å². The number of aliphatic hydroxyl groups is 5.